The zero-order valence-corrected chi connectivity index (χ0v) is 9.57. The molecule has 1 unspecified atom stereocenters. The Morgan fingerprint density at radius 2 is 2.13 bits per heavy atom. The third-order valence-corrected chi connectivity index (χ3v) is 2.74. The van der Waals surface area contributed by atoms with Crippen molar-refractivity contribution in [2.45, 2.75) is 26.7 Å². The van der Waals surface area contributed by atoms with Crippen LogP contribution in [0.25, 0.3) is 0 Å². The lowest BCUT2D eigenvalue weighted by molar-refractivity contribution is 0.161. The van der Waals surface area contributed by atoms with Crippen molar-refractivity contribution >= 4 is 6.03 Å². The molecule has 0 aliphatic carbocycles. The zero-order valence-electron chi connectivity index (χ0n) is 9.57. The van der Waals surface area contributed by atoms with Gasteiger partial charge in [0.25, 0.3) is 0 Å². The van der Waals surface area contributed by atoms with E-state index in [0.29, 0.717) is 13.1 Å². The molecule has 0 aromatic heterocycles. The van der Waals surface area contributed by atoms with Gasteiger partial charge in [-0.3, -0.25) is 0 Å². The number of likely N-dealkylation sites (tertiary alicyclic amines) is 1. The SMILES string of the molecule is CCN(CC(C)C#N)C(=O)N1CCCC1. The molecule has 15 heavy (non-hydrogen) atoms. The summed E-state index contributed by atoms with van der Waals surface area (Å²) in [5, 5.41) is 8.72. The van der Waals surface area contributed by atoms with Gasteiger partial charge in [-0.1, -0.05) is 0 Å². The van der Waals surface area contributed by atoms with E-state index in [2.05, 4.69) is 6.07 Å². The van der Waals surface area contributed by atoms with Gasteiger partial charge in [0.05, 0.1) is 12.0 Å². The molecule has 0 saturated carbocycles. The van der Waals surface area contributed by atoms with Crippen molar-refractivity contribution in [2.24, 2.45) is 5.92 Å². The number of nitrogens with zero attached hydrogens (tertiary/aromatic N) is 3. The molecule has 1 aliphatic heterocycles. The van der Waals surface area contributed by atoms with Crippen molar-refractivity contribution in [3.05, 3.63) is 0 Å². The molecule has 1 saturated heterocycles. The number of urea groups is 1. The summed E-state index contributed by atoms with van der Waals surface area (Å²) < 4.78 is 0. The average Bonchev–Trinajstić information content (AvgIpc) is 2.77. The fraction of sp³-hybridized carbons (Fsp3) is 0.818. The molecular weight excluding hydrogens is 190 g/mol. The molecule has 1 aliphatic rings. The minimum absolute atomic E-state index is 0.0866. The van der Waals surface area contributed by atoms with Crippen LogP contribution in [-0.2, 0) is 0 Å². The molecule has 0 aromatic rings. The first-order chi connectivity index (χ1) is 7.19. The number of rotatable bonds is 3. The predicted molar refractivity (Wildman–Crippen MR) is 58.2 cm³/mol. The second-order valence-electron chi connectivity index (χ2n) is 4.05. The molecule has 1 heterocycles. The average molecular weight is 209 g/mol. The highest BCUT2D eigenvalue weighted by Gasteiger charge is 2.23. The van der Waals surface area contributed by atoms with E-state index >= 15 is 0 Å². The predicted octanol–water partition coefficient (Wildman–Crippen LogP) is 1.68. The summed E-state index contributed by atoms with van der Waals surface area (Å²) in [5.74, 6) is -0.0866. The van der Waals surface area contributed by atoms with E-state index in [9.17, 15) is 4.79 Å². The van der Waals surface area contributed by atoms with E-state index in [4.69, 9.17) is 5.26 Å². The van der Waals surface area contributed by atoms with E-state index in [0.717, 1.165) is 25.9 Å². The minimum atomic E-state index is -0.0866. The second-order valence-corrected chi connectivity index (χ2v) is 4.05. The lowest BCUT2D eigenvalue weighted by Crippen LogP contribution is -2.43. The van der Waals surface area contributed by atoms with Gasteiger partial charge in [0.2, 0.25) is 0 Å². The summed E-state index contributed by atoms with van der Waals surface area (Å²) in [7, 11) is 0. The Balaban J connectivity index is 2.50. The standard InChI is InChI=1S/C11H19N3O/c1-3-13(9-10(2)8-12)11(15)14-6-4-5-7-14/h10H,3-7,9H2,1-2H3. The van der Waals surface area contributed by atoms with Crippen molar-refractivity contribution in [3.63, 3.8) is 0 Å². The van der Waals surface area contributed by atoms with Gasteiger partial charge < -0.3 is 9.80 Å². The van der Waals surface area contributed by atoms with Crippen LogP contribution in [0.3, 0.4) is 0 Å². The molecule has 1 atom stereocenters. The van der Waals surface area contributed by atoms with E-state index in [1.807, 2.05) is 18.7 Å². The fourth-order valence-electron chi connectivity index (χ4n) is 1.82. The lowest BCUT2D eigenvalue weighted by Gasteiger charge is -2.27. The molecular formula is C11H19N3O. The third-order valence-electron chi connectivity index (χ3n) is 2.74. The molecule has 4 nitrogen and oxygen atoms in total. The van der Waals surface area contributed by atoms with E-state index < -0.39 is 0 Å². The summed E-state index contributed by atoms with van der Waals surface area (Å²) in [6, 6.07) is 2.26. The fourth-order valence-corrected chi connectivity index (χ4v) is 1.82. The van der Waals surface area contributed by atoms with Crippen molar-refractivity contribution in [2.75, 3.05) is 26.2 Å². The van der Waals surface area contributed by atoms with Gasteiger partial charge in [-0.2, -0.15) is 5.26 Å². The number of carbonyl (C=O) groups is 1. The third kappa shape index (κ3) is 3.12. The van der Waals surface area contributed by atoms with Gasteiger partial charge in [-0.25, -0.2) is 4.79 Å². The molecule has 84 valence electrons. The van der Waals surface area contributed by atoms with Crippen LogP contribution in [-0.4, -0.2) is 42.0 Å². The van der Waals surface area contributed by atoms with Crippen LogP contribution < -0.4 is 0 Å². The van der Waals surface area contributed by atoms with Crippen LogP contribution in [0.2, 0.25) is 0 Å². The Kier molecular flexibility index (Phi) is 4.41. The van der Waals surface area contributed by atoms with E-state index in [1.54, 1.807) is 4.90 Å². The van der Waals surface area contributed by atoms with Gasteiger partial charge in [0, 0.05) is 26.2 Å². The summed E-state index contributed by atoms with van der Waals surface area (Å²) in [6.45, 7) is 6.77. The number of carbonyl (C=O) groups excluding carboxylic acids is 1. The summed E-state index contributed by atoms with van der Waals surface area (Å²) in [4.78, 5) is 15.6. The van der Waals surface area contributed by atoms with Crippen molar-refractivity contribution in [1.29, 1.82) is 5.26 Å². The van der Waals surface area contributed by atoms with Crippen LogP contribution in [0, 0.1) is 17.2 Å². The molecule has 2 amide bonds. The van der Waals surface area contributed by atoms with Crippen LogP contribution in [0.5, 0.6) is 0 Å². The largest absolute Gasteiger partial charge is 0.325 e. The van der Waals surface area contributed by atoms with Gasteiger partial charge >= 0.3 is 6.03 Å². The summed E-state index contributed by atoms with van der Waals surface area (Å²) >= 11 is 0. The molecule has 0 aromatic carbocycles. The first-order valence-corrected chi connectivity index (χ1v) is 5.62. The first-order valence-electron chi connectivity index (χ1n) is 5.62. The number of hydrogen-bond donors (Lipinski definition) is 0. The molecule has 0 radical (unpaired) electrons. The Labute approximate surface area is 91.5 Å². The van der Waals surface area contributed by atoms with Gasteiger partial charge in [-0.05, 0) is 26.7 Å². The molecule has 0 bridgehead atoms. The zero-order chi connectivity index (χ0) is 11.3. The number of amides is 2. The van der Waals surface area contributed by atoms with Crippen LogP contribution in [0.15, 0.2) is 0 Å². The molecule has 1 fully saturated rings. The lowest BCUT2D eigenvalue weighted by atomic mass is 10.2. The second kappa shape index (κ2) is 5.59. The smallest absolute Gasteiger partial charge is 0.320 e. The Morgan fingerprint density at radius 3 is 2.60 bits per heavy atom. The van der Waals surface area contributed by atoms with Gasteiger partial charge in [0.15, 0.2) is 0 Å². The maximum Gasteiger partial charge on any atom is 0.320 e. The van der Waals surface area contributed by atoms with Crippen LogP contribution in [0.1, 0.15) is 26.7 Å². The quantitative estimate of drug-likeness (QED) is 0.710. The molecule has 1 rings (SSSR count). The minimum Gasteiger partial charge on any atom is -0.325 e. The van der Waals surface area contributed by atoms with Crippen molar-refractivity contribution in [3.8, 4) is 6.07 Å². The van der Waals surface area contributed by atoms with Crippen molar-refractivity contribution in [1.82, 2.24) is 9.80 Å². The highest BCUT2D eigenvalue weighted by Crippen LogP contribution is 2.11. The van der Waals surface area contributed by atoms with Gasteiger partial charge in [0.1, 0.15) is 0 Å². The summed E-state index contributed by atoms with van der Waals surface area (Å²) in [5.41, 5.74) is 0. The van der Waals surface area contributed by atoms with Crippen LogP contribution in [0.4, 0.5) is 4.79 Å². The maximum atomic E-state index is 12.0. The number of hydrogen-bond acceptors (Lipinski definition) is 2. The van der Waals surface area contributed by atoms with E-state index in [1.165, 1.54) is 0 Å². The first kappa shape index (κ1) is 11.8. The monoisotopic (exact) mass is 209 g/mol. The van der Waals surface area contributed by atoms with Crippen molar-refractivity contribution < 1.29 is 4.79 Å². The molecule has 0 N–H and O–H groups in total. The Hall–Kier alpha value is -1.24. The molecule has 0 spiro atoms. The molecule has 4 heteroatoms. The van der Waals surface area contributed by atoms with Crippen LogP contribution >= 0.6 is 0 Å². The van der Waals surface area contributed by atoms with E-state index in [-0.39, 0.29) is 11.9 Å². The topological polar surface area (TPSA) is 47.3 Å². The Morgan fingerprint density at radius 1 is 1.53 bits per heavy atom. The highest BCUT2D eigenvalue weighted by molar-refractivity contribution is 5.74. The van der Waals surface area contributed by atoms with Gasteiger partial charge in [-0.15, -0.1) is 0 Å². The Bertz CT molecular complexity index is 253. The maximum absolute atomic E-state index is 12.0. The number of nitriles is 1. The summed E-state index contributed by atoms with van der Waals surface area (Å²) in [6.07, 6.45) is 2.22. The highest BCUT2D eigenvalue weighted by atomic mass is 16.2. The normalized spacial score (nSPS) is 17.3.